The van der Waals surface area contributed by atoms with E-state index in [0.29, 0.717) is 19.6 Å². The van der Waals surface area contributed by atoms with Crippen LogP contribution in [0.1, 0.15) is 30.7 Å². The number of carbonyl (C=O) groups is 1. The second kappa shape index (κ2) is 6.66. The molecule has 0 saturated carbocycles. The highest BCUT2D eigenvalue weighted by Gasteiger charge is 2.36. The fourth-order valence-corrected chi connectivity index (χ4v) is 4.47. The van der Waals surface area contributed by atoms with Gasteiger partial charge in [-0.05, 0) is 43.5 Å². The van der Waals surface area contributed by atoms with E-state index in [1.54, 1.807) is 4.90 Å². The van der Waals surface area contributed by atoms with Crippen LogP contribution in [0.5, 0.6) is 0 Å². The van der Waals surface area contributed by atoms with Gasteiger partial charge in [-0.15, -0.1) is 0 Å². The van der Waals surface area contributed by atoms with Crippen molar-refractivity contribution in [2.75, 3.05) is 19.6 Å². The van der Waals surface area contributed by atoms with Gasteiger partial charge in [0.1, 0.15) is 0 Å². The number of aromatic nitrogens is 1. The van der Waals surface area contributed by atoms with Gasteiger partial charge in [-0.25, -0.2) is 4.79 Å². The number of aromatic amines is 1. The Balaban J connectivity index is 1.75. The van der Waals surface area contributed by atoms with Crippen molar-refractivity contribution in [3.05, 3.63) is 41.1 Å². The molecule has 0 unspecified atom stereocenters. The second-order valence-electron chi connectivity index (χ2n) is 7.28. The molecule has 1 aliphatic heterocycles. The molecule has 2 N–H and O–H groups in total. The number of fused-ring (bicyclic) bond motifs is 2. The maximum atomic E-state index is 12.5. The molecule has 0 bridgehead atoms. The second-order valence-corrected chi connectivity index (χ2v) is 7.28. The minimum Gasteiger partial charge on any atom is -0.358 e. The number of amides is 2. The highest BCUT2D eigenvalue weighted by atomic mass is 16.2. The van der Waals surface area contributed by atoms with Gasteiger partial charge in [0.25, 0.3) is 0 Å². The Bertz CT molecular complexity index is 963. The predicted octanol–water partition coefficient (Wildman–Crippen LogP) is 3.00. The summed E-state index contributed by atoms with van der Waals surface area (Å²) >= 11 is 0. The number of H-pyrrole nitrogens is 1. The molecule has 6 nitrogen and oxygen atoms in total. The molecule has 0 saturated heterocycles. The van der Waals surface area contributed by atoms with Crippen LogP contribution in [0.15, 0.2) is 24.3 Å². The lowest BCUT2D eigenvalue weighted by atomic mass is 9.80. The molecule has 0 spiro atoms. The standard InChI is InChI=1S/C21H25N5O/c1-4-25(5-2)21(27)24-14-9-17-15-7-6-8-18-20(15)16(13(3)23-18)10-19(17)26(11-14)12-22/h6-9,14,19,23H,4-5,10-11H2,1-3H3,(H,24,27)/t14-,19+/m0/s1. The third-order valence-electron chi connectivity index (χ3n) is 5.85. The van der Waals surface area contributed by atoms with Crippen LogP contribution in [0.4, 0.5) is 4.79 Å². The molecule has 2 aromatic rings. The van der Waals surface area contributed by atoms with Crippen molar-refractivity contribution in [1.82, 2.24) is 20.1 Å². The van der Waals surface area contributed by atoms with Crippen LogP contribution in [0.2, 0.25) is 0 Å². The minimum atomic E-state index is -0.180. The van der Waals surface area contributed by atoms with E-state index in [1.165, 1.54) is 22.2 Å². The number of nitriles is 1. The Morgan fingerprint density at radius 1 is 1.41 bits per heavy atom. The first-order valence-electron chi connectivity index (χ1n) is 9.61. The van der Waals surface area contributed by atoms with Crippen molar-refractivity contribution in [2.45, 2.75) is 39.3 Å². The predicted molar refractivity (Wildman–Crippen MR) is 106 cm³/mol. The molecule has 4 rings (SSSR count). The van der Waals surface area contributed by atoms with Crippen LogP contribution in [0.25, 0.3) is 16.5 Å². The zero-order chi connectivity index (χ0) is 19.1. The monoisotopic (exact) mass is 363 g/mol. The summed E-state index contributed by atoms with van der Waals surface area (Å²) in [6.45, 7) is 7.88. The number of nitrogens with zero attached hydrogens (tertiary/aromatic N) is 3. The lowest BCUT2D eigenvalue weighted by molar-refractivity contribution is 0.196. The number of urea groups is 1. The first-order valence-corrected chi connectivity index (χ1v) is 9.61. The lowest BCUT2D eigenvalue weighted by Crippen LogP contribution is -2.52. The molecule has 27 heavy (non-hydrogen) atoms. The average Bonchev–Trinajstić information content (AvgIpc) is 2.99. The maximum Gasteiger partial charge on any atom is 0.317 e. The smallest absolute Gasteiger partial charge is 0.317 e. The van der Waals surface area contributed by atoms with Gasteiger partial charge in [-0.1, -0.05) is 18.2 Å². The molecule has 1 aromatic heterocycles. The quantitative estimate of drug-likeness (QED) is 0.823. The topological polar surface area (TPSA) is 75.2 Å². The molecular weight excluding hydrogens is 338 g/mol. The van der Waals surface area contributed by atoms with Crippen molar-refractivity contribution < 1.29 is 4.79 Å². The summed E-state index contributed by atoms with van der Waals surface area (Å²) in [7, 11) is 0. The number of hydrogen-bond donors (Lipinski definition) is 2. The van der Waals surface area contributed by atoms with Crippen LogP contribution in [-0.4, -0.2) is 52.5 Å². The number of hydrogen-bond acceptors (Lipinski definition) is 3. The molecule has 140 valence electrons. The van der Waals surface area contributed by atoms with Gasteiger partial charge in [0.15, 0.2) is 6.19 Å². The van der Waals surface area contributed by atoms with Gasteiger partial charge in [-0.2, -0.15) is 5.26 Å². The first kappa shape index (κ1) is 17.5. The van der Waals surface area contributed by atoms with E-state index in [9.17, 15) is 10.1 Å². The summed E-state index contributed by atoms with van der Waals surface area (Å²) in [4.78, 5) is 19.5. The van der Waals surface area contributed by atoms with Crippen LogP contribution < -0.4 is 5.32 Å². The SMILES string of the molecule is CCN(CC)C(=O)N[C@H]1C=C2c3cccc4[nH]c(C)c(c34)C[C@H]2N(C#N)C1. The van der Waals surface area contributed by atoms with Gasteiger partial charge in [0, 0.05) is 36.1 Å². The number of carbonyl (C=O) groups excluding carboxylic acids is 1. The van der Waals surface area contributed by atoms with E-state index in [-0.39, 0.29) is 18.1 Å². The van der Waals surface area contributed by atoms with Crippen LogP contribution in [-0.2, 0) is 6.42 Å². The highest BCUT2D eigenvalue weighted by molar-refractivity contribution is 5.99. The molecule has 2 heterocycles. The third kappa shape index (κ3) is 2.74. The van der Waals surface area contributed by atoms with E-state index in [0.717, 1.165) is 17.5 Å². The minimum absolute atomic E-state index is 0.0317. The molecule has 2 amide bonds. The fourth-order valence-electron chi connectivity index (χ4n) is 4.47. The van der Waals surface area contributed by atoms with E-state index < -0.39 is 0 Å². The summed E-state index contributed by atoms with van der Waals surface area (Å²) in [6.07, 6.45) is 5.33. The number of aryl methyl sites for hydroxylation is 1. The normalized spacial score (nSPS) is 20.7. The van der Waals surface area contributed by atoms with Gasteiger partial charge >= 0.3 is 6.03 Å². The van der Waals surface area contributed by atoms with Crippen molar-refractivity contribution in [3.8, 4) is 6.19 Å². The number of nitrogens with one attached hydrogen (secondary N) is 2. The fraction of sp³-hybridized carbons (Fsp3) is 0.429. The molecule has 1 aliphatic carbocycles. The lowest BCUT2D eigenvalue weighted by Gasteiger charge is -2.39. The Morgan fingerprint density at radius 2 is 2.19 bits per heavy atom. The number of benzene rings is 1. The van der Waals surface area contributed by atoms with Crippen LogP contribution >= 0.6 is 0 Å². The summed E-state index contributed by atoms with van der Waals surface area (Å²) in [5.74, 6) is 0. The Hall–Kier alpha value is -2.94. The summed E-state index contributed by atoms with van der Waals surface area (Å²) in [5, 5.41) is 14.1. The Kier molecular flexibility index (Phi) is 4.31. The van der Waals surface area contributed by atoms with Gasteiger partial charge in [0.2, 0.25) is 0 Å². The van der Waals surface area contributed by atoms with Crippen molar-refractivity contribution in [1.29, 1.82) is 5.26 Å². The summed E-state index contributed by atoms with van der Waals surface area (Å²) in [6, 6.07) is 6.05. The first-order chi connectivity index (χ1) is 13.1. The van der Waals surface area contributed by atoms with E-state index in [1.807, 2.05) is 18.7 Å². The highest BCUT2D eigenvalue weighted by Crippen LogP contribution is 2.41. The molecule has 1 aromatic carbocycles. The van der Waals surface area contributed by atoms with Crippen LogP contribution in [0, 0.1) is 18.4 Å². The molecular formula is C21H25N5O. The van der Waals surface area contributed by atoms with E-state index >= 15 is 0 Å². The molecule has 0 fully saturated rings. The average molecular weight is 363 g/mol. The molecule has 0 radical (unpaired) electrons. The van der Waals surface area contributed by atoms with E-state index in [2.05, 4.69) is 47.7 Å². The summed E-state index contributed by atoms with van der Waals surface area (Å²) < 4.78 is 0. The van der Waals surface area contributed by atoms with Crippen molar-refractivity contribution in [2.24, 2.45) is 0 Å². The van der Waals surface area contributed by atoms with Crippen molar-refractivity contribution >= 4 is 22.5 Å². The Morgan fingerprint density at radius 3 is 2.89 bits per heavy atom. The molecule has 6 heteroatoms. The van der Waals surface area contributed by atoms with Gasteiger partial charge in [-0.3, -0.25) is 0 Å². The van der Waals surface area contributed by atoms with Crippen LogP contribution in [0.3, 0.4) is 0 Å². The largest absolute Gasteiger partial charge is 0.358 e. The molecule has 2 atom stereocenters. The maximum absolute atomic E-state index is 12.5. The summed E-state index contributed by atoms with van der Waals surface area (Å²) in [5.41, 5.74) is 5.92. The van der Waals surface area contributed by atoms with Crippen molar-refractivity contribution in [3.63, 3.8) is 0 Å². The molecule has 2 aliphatic rings. The van der Waals surface area contributed by atoms with E-state index in [4.69, 9.17) is 0 Å². The van der Waals surface area contributed by atoms with Gasteiger partial charge in [0.05, 0.1) is 18.6 Å². The Labute approximate surface area is 159 Å². The zero-order valence-corrected chi connectivity index (χ0v) is 16.0. The number of rotatable bonds is 3. The van der Waals surface area contributed by atoms with Gasteiger partial charge < -0.3 is 20.1 Å². The third-order valence-corrected chi connectivity index (χ3v) is 5.85. The zero-order valence-electron chi connectivity index (χ0n) is 16.0.